The molecule has 2 atom stereocenters. The standard InChI is InChI=1S/C11H15N5O2/c1-7-5-15(3-2-8(7)17)9-4-10-13-14-11(18)16(10)6-12-9/h4,6-8,17H,2-3,5H2,1H3,(H,14,18). The molecule has 1 saturated heterocycles. The molecule has 18 heavy (non-hydrogen) atoms. The molecular formula is C11H15N5O2. The van der Waals surface area contributed by atoms with Gasteiger partial charge >= 0.3 is 5.69 Å². The van der Waals surface area contributed by atoms with Gasteiger partial charge in [0.15, 0.2) is 5.65 Å². The zero-order chi connectivity index (χ0) is 12.7. The van der Waals surface area contributed by atoms with E-state index in [1.54, 1.807) is 6.07 Å². The summed E-state index contributed by atoms with van der Waals surface area (Å²) in [5.74, 6) is 1.01. The van der Waals surface area contributed by atoms with Gasteiger partial charge in [-0.3, -0.25) is 0 Å². The molecule has 96 valence electrons. The number of piperidine rings is 1. The van der Waals surface area contributed by atoms with Crippen LogP contribution >= 0.6 is 0 Å². The van der Waals surface area contributed by atoms with Crippen molar-refractivity contribution < 1.29 is 5.11 Å². The Morgan fingerprint density at radius 3 is 3.17 bits per heavy atom. The summed E-state index contributed by atoms with van der Waals surface area (Å²) < 4.78 is 1.37. The quantitative estimate of drug-likeness (QED) is 0.719. The number of fused-ring (bicyclic) bond motifs is 1. The molecule has 2 N–H and O–H groups in total. The Labute approximate surface area is 103 Å². The van der Waals surface area contributed by atoms with Crippen molar-refractivity contribution in [3.8, 4) is 0 Å². The van der Waals surface area contributed by atoms with Crippen LogP contribution in [0.5, 0.6) is 0 Å². The molecule has 0 spiro atoms. The summed E-state index contributed by atoms with van der Waals surface area (Å²) in [4.78, 5) is 17.7. The molecule has 3 rings (SSSR count). The smallest absolute Gasteiger partial charge is 0.348 e. The van der Waals surface area contributed by atoms with Gasteiger partial charge in [-0.1, -0.05) is 6.92 Å². The highest BCUT2D eigenvalue weighted by atomic mass is 16.3. The van der Waals surface area contributed by atoms with Crippen LogP contribution in [0.2, 0.25) is 0 Å². The van der Waals surface area contributed by atoms with E-state index in [0.29, 0.717) is 5.65 Å². The van der Waals surface area contributed by atoms with E-state index in [2.05, 4.69) is 20.1 Å². The molecule has 0 aliphatic carbocycles. The number of aliphatic hydroxyl groups is 1. The van der Waals surface area contributed by atoms with Gasteiger partial charge in [-0.05, 0) is 12.3 Å². The lowest BCUT2D eigenvalue weighted by Gasteiger charge is -2.35. The fourth-order valence-corrected chi connectivity index (χ4v) is 2.31. The molecule has 0 radical (unpaired) electrons. The van der Waals surface area contributed by atoms with Crippen LogP contribution in [-0.2, 0) is 0 Å². The van der Waals surface area contributed by atoms with Gasteiger partial charge in [0, 0.05) is 19.2 Å². The summed E-state index contributed by atoms with van der Waals surface area (Å²) in [7, 11) is 0. The second-order valence-electron chi connectivity index (χ2n) is 4.78. The van der Waals surface area contributed by atoms with E-state index in [9.17, 15) is 9.90 Å². The molecule has 0 aromatic carbocycles. The first-order chi connectivity index (χ1) is 8.65. The van der Waals surface area contributed by atoms with Gasteiger partial charge in [-0.15, -0.1) is 0 Å². The average Bonchev–Trinajstić information content (AvgIpc) is 2.74. The fraction of sp³-hybridized carbons (Fsp3) is 0.545. The normalized spacial score (nSPS) is 24.7. The molecule has 3 heterocycles. The largest absolute Gasteiger partial charge is 0.393 e. The zero-order valence-corrected chi connectivity index (χ0v) is 10.1. The van der Waals surface area contributed by atoms with Crippen LogP contribution in [0.15, 0.2) is 17.2 Å². The van der Waals surface area contributed by atoms with Crippen molar-refractivity contribution in [1.82, 2.24) is 19.6 Å². The summed E-state index contributed by atoms with van der Waals surface area (Å²) in [6, 6.07) is 1.78. The van der Waals surface area contributed by atoms with E-state index in [1.807, 2.05) is 6.92 Å². The van der Waals surface area contributed by atoms with E-state index in [0.717, 1.165) is 25.3 Å². The molecule has 7 heteroatoms. The number of aromatic nitrogens is 4. The third-order valence-electron chi connectivity index (χ3n) is 3.48. The van der Waals surface area contributed by atoms with E-state index >= 15 is 0 Å². The van der Waals surface area contributed by atoms with Crippen LogP contribution in [0.25, 0.3) is 5.65 Å². The fourth-order valence-electron chi connectivity index (χ4n) is 2.31. The molecule has 2 unspecified atom stereocenters. The van der Waals surface area contributed by atoms with E-state index in [-0.39, 0.29) is 17.7 Å². The van der Waals surface area contributed by atoms with Crippen LogP contribution in [-0.4, -0.2) is 43.9 Å². The van der Waals surface area contributed by atoms with Crippen molar-refractivity contribution in [3.63, 3.8) is 0 Å². The van der Waals surface area contributed by atoms with E-state index in [4.69, 9.17) is 0 Å². The molecule has 1 aliphatic rings. The predicted octanol–water partition coefficient (Wildman–Crippen LogP) is -0.375. The first-order valence-corrected chi connectivity index (χ1v) is 6.01. The minimum atomic E-state index is -0.286. The van der Waals surface area contributed by atoms with Crippen molar-refractivity contribution in [1.29, 1.82) is 0 Å². The van der Waals surface area contributed by atoms with Crippen LogP contribution in [0, 0.1) is 5.92 Å². The summed E-state index contributed by atoms with van der Waals surface area (Å²) in [5.41, 5.74) is 0.273. The summed E-state index contributed by atoms with van der Waals surface area (Å²) in [6.45, 7) is 3.55. The number of hydrogen-bond acceptors (Lipinski definition) is 5. The number of aliphatic hydroxyl groups excluding tert-OH is 1. The Morgan fingerprint density at radius 2 is 2.39 bits per heavy atom. The van der Waals surface area contributed by atoms with Gasteiger partial charge in [-0.25, -0.2) is 19.3 Å². The molecule has 2 aromatic rings. The highest BCUT2D eigenvalue weighted by Gasteiger charge is 2.25. The van der Waals surface area contributed by atoms with Crippen LogP contribution in [0.3, 0.4) is 0 Å². The SMILES string of the molecule is CC1CN(c2cc3n[nH]c(=O)n3cn2)CCC1O. The number of H-pyrrole nitrogens is 1. The van der Waals surface area contributed by atoms with Gasteiger partial charge in [0.25, 0.3) is 0 Å². The van der Waals surface area contributed by atoms with Crippen molar-refractivity contribution in [2.45, 2.75) is 19.4 Å². The molecule has 2 aromatic heterocycles. The number of aromatic amines is 1. The van der Waals surface area contributed by atoms with Crippen LogP contribution in [0.4, 0.5) is 5.82 Å². The molecule has 0 amide bonds. The maximum absolute atomic E-state index is 11.3. The highest BCUT2D eigenvalue weighted by Crippen LogP contribution is 2.21. The zero-order valence-electron chi connectivity index (χ0n) is 10.1. The Morgan fingerprint density at radius 1 is 1.56 bits per heavy atom. The van der Waals surface area contributed by atoms with Gasteiger partial charge < -0.3 is 10.0 Å². The Kier molecular flexibility index (Phi) is 2.55. The second-order valence-corrected chi connectivity index (χ2v) is 4.78. The lowest BCUT2D eigenvalue weighted by Crippen LogP contribution is -2.42. The third-order valence-corrected chi connectivity index (χ3v) is 3.48. The van der Waals surface area contributed by atoms with Gasteiger partial charge in [0.1, 0.15) is 12.1 Å². The van der Waals surface area contributed by atoms with Gasteiger partial charge in [0.2, 0.25) is 0 Å². The predicted molar refractivity (Wildman–Crippen MR) is 65.6 cm³/mol. The summed E-state index contributed by atoms with van der Waals surface area (Å²) in [6.07, 6.45) is 1.98. The number of hydrogen-bond donors (Lipinski definition) is 2. The lowest BCUT2D eigenvalue weighted by molar-refractivity contribution is 0.0969. The monoisotopic (exact) mass is 249 g/mol. The highest BCUT2D eigenvalue weighted by molar-refractivity contribution is 5.50. The lowest BCUT2D eigenvalue weighted by atomic mass is 9.97. The molecule has 0 bridgehead atoms. The number of anilines is 1. The first-order valence-electron chi connectivity index (χ1n) is 6.01. The minimum absolute atomic E-state index is 0.221. The first kappa shape index (κ1) is 11.2. The van der Waals surface area contributed by atoms with Crippen LogP contribution < -0.4 is 10.6 Å². The number of nitrogens with zero attached hydrogens (tertiary/aromatic N) is 4. The molecule has 1 aliphatic heterocycles. The van der Waals surface area contributed by atoms with Gasteiger partial charge in [-0.2, -0.15) is 5.10 Å². The van der Waals surface area contributed by atoms with E-state index < -0.39 is 0 Å². The van der Waals surface area contributed by atoms with Crippen LogP contribution in [0.1, 0.15) is 13.3 Å². The van der Waals surface area contributed by atoms with Gasteiger partial charge in [0.05, 0.1) is 6.10 Å². The molecular weight excluding hydrogens is 234 g/mol. The second kappa shape index (κ2) is 4.09. The van der Waals surface area contributed by atoms with Crippen molar-refractivity contribution in [3.05, 3.63) is 22.9 Å². The summed E-state index contributed by atoms with van der Waals surface area (Å²) in [5, 5.41) is 16.0. The molecule has 7 nitrogen and oxygen atoms in total. The maximum atomic E-state index is 11.3. The Bertz CT molecular complexity index is 619. The number of nitrogens with one attached hydrogen (secondary N) is 1. The summed E-state index contributed by atoms with van der Waals surface area (Å²) >= 11 is 0. The maximum Gasteiger partial charge on any atom is 0.348 e. The Balaban J connectivity index is 1.92. The topological polar surface area (TPSA) is 86.5 Å². The van der Waals surface area contributed by atoms with Crippen molar-refractivity contribution >= 4 is 11.5 Å². The van der Waals surface area contributed by atoms with E-state index in [1.165, 1.54) is 10.7 Å². The minimum Gasteiger partial charge on any atom is -0.393 e. The van der Waals surface area contributed by atoms with Crippen molar-refractivity contribution in [2.75, 3.05) is 18.0 Å². The molecule has 1 fully saturated rings. The average molecular weight is 249 g/mol. The van der Waals surface area contributed by atoms with Crippen molar-refractivity contribution in [2.24, 2.45) is 5.92 Å². The molecule has 0 saturated carbocycles. The number of rotatable bonds is 1. The third kappa shape index (κ3) is 1.76. The Hall–Kier alpha value is -1.89.